The normalized spacial score (nSPS) is 12.3. The molecular formula is C15H17N5O2S. The predicted octanol–water partition coefficient (Wildman–Crippen LogP) is 3.24. The smallest absolute Gasteiger partial charge is 0.277 e. The molecule has 1 aromatic carbocycles. The summed E-state index contributed by atoms with van der Waals surface area (Å²) in [5, 5.41) is 15.2. The summed E-state index contributed by atoms with van der Waals surface area (Å²) in [5.74, 6) is 2.03. The maximum Gasteiger partial charge on any atom is 0.277 e. The molecule has 0 aliphatic carbocycles. The molecule has 2 heterocycles. The van der Waals surface area contributed by atoms with Crippen LogP contribution in [0.15, 0.2) is 34.2 Å². The Kier molecular flexibility index (Phi) is 4.61. The molecule has 0 fully saturated rings. The Labute approximate surface area is 137 Å². The third kappa shape index (κ3) is 3.89. The average Bonchev–Trinajstić information content (AvgIpc) is 3.19. The number of thioether (sulfide) groups is 1. The minimum Gasteiger partial charge on any atom is -0.484 e. The Morgan fingerprint density at radius 1 is 1.30 bits per heavy atom. The fourth-order valence-corrected chi connectivity index (χ4v) is 2.72. The highest BCUT2D eigenvalue weighted by Crippen LogP contribution is 2.31. The number of hydrogen-bond donors (Lipinski definition) is 1. The highest BCUT2D eigenvalue weighted by molar-refractivity contribution is 7.99. The quantitative estimate of drug-likeness (QED) is 0.693. The van der Waals surface area contributed by atoms with Crippen molar-refractivity contribution in [1.29, 1.82) is 0 Å². The zero-order valence-electron chi connectivity index (χ0n) is 13.1. The van der Waals surface area contributed by atoms with Crippen molar-refractivity contribution < 1.29 is 9.15 Å². The Bertz CT molecular complexity index is 772. The van der Waals surface area contributed by atoms with Crippen LogP contribution in [0.4, 0.5) is 0 Å². The van der Waals surface area contributed by atoms with Gasteiger partial charge in [-0.1, -0.05) is 23.9 Å². The van der Waals surface area contributed by atoms with E-state index in [0.29, 0.717) is 11.1 Å². The first-order valence-electron chi connectivity index (χ1n) is 7.16. The predicted molar refractivity (Wildman–Crippen MR) is 85.2 cm³/mol. The van der Waals surface area contributed by atoms with Crippen LogP contribution >= 0.6 is 11.8 Å². The highest BCUT2D eigenvalue weighted by Gasteiger charge is 2.15. The van der Waals surface area contributed by atoms with Gasteiger partial charge in [-0.2, -0.15) is 5.10 Å². The molecular weight excluding hydrogens is 314 g/mol. The van der Waals surface area contributed by atoms with Gasteiger partial charge < -0.3 is 9.15 Å². The number of aromatic nitrogens is 5. The molecule has 3 rings (SSSR count). The molecule has 0 saturated heterocycles. The van der Waals surface area contributed by atoms with Gasteiger partial charge in [-0.25, -0.2) is 4.98 Å². The van der Waals surface area contributed by atoms with Crippen LogP contribution in [0, 0.1) is 13.8 Å². The third-order valence-electron chi connectivity index (χ3n) is 3.24. The van der Waals surface area contributed by atoms with Gasteiger partial charge in [-0.05, 0) is 38.0 Å². The van der Waals surface area contributed by atoms with Crippen molar-refractivity contribution in [3.63, 3.8) is 0 Å². The summed E-state index contributed by atoms with van der Waals surface area (Å²) in [7, 11) is 0. The molecule has 1 atom stereocenters. The van der Waals surface area contributed by atoms with Gasteiger partial charge in [0.25, 0.3) is 11.1 Å². The van der Waals surface area contributed by atoms with E-state index >= 15 is 0 Å². The van der Waals surface area contributed by atoms with Crippen LogP contribution in [0.25, 0.3) is 0 Å². The van der Waals surface area contributed by atoms with Gasteiger partial charge in [0.05, 0.1) is 5.25 Å². The van der Waals surface area contributed by atoms with Crippen LogP contribution in [0.5, 0.6) is 5.75 Å². The van der Waals surface area contributed by atoms with Gasteiger partial charge in [0.15, 0.2) is 6.61 Å². The summed E-state index contributed by atoms with van der Waals surface area (Å²) in [5.41, 5.74) is 2.22. The summed E-state index contributed by atoms with van der Waals surface area (Å²) >= 11 is 1.42. The minimum atomic E-state index is 0.0470. The third-order valence-corrected chi connectivity index (χ3v) is 4.18. The van der Waals surface area contributed by atoms with Crippen LogP contribution < -0.4 is 4.74 Å². The largest absolute Gasteiger partial charge is 0.484 e. The van der Waals surface area contributed by atoms with Crippen LogP contribution in [0.2, 0.25) is 0 Å². The first-order valence-corrected chi connectivity index (χ1v) is 8.04. The number of aromatic amines is 1. The topological polar surface area (TPSA) is 89.7 Å². The lowest BCUT2D eigenvalue weighted by Crippen LogP contribution is -1.97. The minimum absolute atomic E-state index is 0.0470. The van der Waals surface area contributed by atoms with Crippen molar-refractivity contribution in [2.45, 2.75) is 37.9 Å². The van der Waals surface area contributed by atoms with E-state index in [9.17, 15) is 0 Å². The average molecular weight is 331 g/mol. The molecule has 0 radical (unpaired) electrons. The second kappa shape index (κ2) is 6.82. The Hall–Kier alpha value is -2.35. The van der Waals surface area contributed by atoms with Crippen LogP contribution in [-0.4, -0.2) is 25.4 Å². The van der Waals surface area contributed by atoms with E-state index in [1.54, 1.807) is 0 Å². The Balaban J connectivity index is 1.60. The van der Waals surface area contributed by atoms with Crippen molar-refractivity contribution >= 4 is 11.8 Å². The van der Waals surface area contributed by atoms with Crippen molar-refractivity contribution in [2.75, 3.05) is 0 Å². The molecule has 3 aromatic rings. The standard InChI is InChI=1S/C15H17N5O2S/c1-9-4-5-10(2)12(6-9)21-7-13-18-20-15(22-13)23-11(3)14-16-8-17-19-14/h4-6,8,11H,7H2,1-3H3,(H,16,17,19). The monoisotopic (exact) mass is 331 g/mol. The fraction of sp³-hybridized carbons (Fsp3) is 0.333. The summed E-state index contributed by atoms with van der Waals surface area (Å²) in [6, 6.07) is 6.07. The molecule has 0 aliphatic rings. The van der Waals surface area contributed by atoms with E-state index in [-0.39, 0.29) is 11.9 Å². The molecule has 0 saturated carbocycles. The van der Waals surface area contributed by atoms with E-state index < -0.39 is 0 Å². The molecule has 8 heteroatoms. The molecule has 0 bridgehead atoms. The molecule has 1 unspecified atom stereocenters. The number of benzene rings is 1. The molecule has 0 amide bonds. The number of rotatable bonds is 6. The fourth-order valence-electron chi connectivity index (χ4n) is 1.96. The summed E-state index contributed by atoms with van der Waals surface area (Å²) < 4.78 is 11.4. The molecule has 0 aliphatic heterocycles. The lowest BCUT2D eigenvalue weighted by molar-refractivity contribution is 0.250. The number of hydrogen-bond acceptors (Lipinski definition) is 7. The zero-order valence-corrected chi connectivity index (χ0v) is 13.9. The number of nitrogens with one attached hydrogen (secondary N) is 1. The van der Waals surface area contributed by atoms with Gasteiger partial charge in [-0.3, -0.25) is 5.10 Å². The van der Waals surface area contributed by atoms with Gasteiger partial charge in [-0.15, -0.1) is 10.2 Å². The van der Waals surface area contributed by atoms with Crippen molar-refractivity contribution in [3.8, 4) is 5.75 Å². The summed E-state index contributed by atoms with van der Waals surface area (Å²) in [6.45, 7) is 6.26. The van der Waals surface area contributed by atoms with Crippen LogP contribution in [0.1, 0.15) is 35.0 Å². The SMILES string of the molecule is Cc1ccc(C)c(OCc2nnc(SC(C)c3ncn[nH]3)o2)c1. The summed E-state index contributed by atoms with van der Waals surface area (Å²) in [6.07, 6.45) is 1.48. The highest BCUT2D eigenvalue weighted by atomic mass is 32.2. The number of nitrogens with zero attached hydrogens (tertiary/aromatic N) is 4. The van der Waals surface area contributed by atoms with Gasteiger partial charge in [0, 0.05) is 0 Å². The second-order valence-corrected chi connectivity index (χ2v) is 6.44. The summed E-state index contributed by atoms with van der Waals surface area (Å²) in [4.78, 5) is 4.11. The van der Waals surface area contributed by atoms with Gasteiger partial charge in [0.1, 0.15) is 17.9 Å². The second-order valence-electron chi connectivity index (χ2n) is 5.15. The van der Waals surface area contributed by atoms with Gasteiger partial charge >= 0.3 is 0 Å². The molecule has 1 N–H and O–H groups in total. The lowest BCUT2D eigenvalue weighted by atomic mass is 10.1. The van der Waals surface area contributed by atoms with E-state index in [2.05, 4.69) is 31.4 Å². The van der Waals surface area contributed by atoms with E-state index in [4.69, 9.17) is 9.15 Å². The molecule has 120 valence electrons. The van der Waals surface area contributed by atoms with Crippen LogP contribution in [-0.2, 0) is 6.61 Å². The number of H-pyrrole nitrogens is 1. The first kappa shape index (κ1) is 15.5. The van der Waals surface area contributed by atoms with Crippen molar-refractivity contribution in [2.24, 2.45) is 0 Å². The van der Waals surface area contributed by atoms with E-state index in [1.165, 1.54) is 18.1 Å². The molecule has 2 aromatic heterocycles. The Morgan fingerprint density at radius 2 is 2.17 bits per heavy atom. The van der Waals surface area contributed by atoms with Gasteiger partial charge in [0.2, 0.25) is 0 Å². The zero-order chi connectivity index (χ0) is 16.2. The maximum atomic E-state index is 5.76. The number of aryl methyl sites for hydroxylation is 2. The van der Waals surface area contributed by atoms with Crippen LogP contribution in [0.3, 0.4) is 0 Å². The first-order chi connectivity index (χ1) is 11.1. The van der Waals surface area contributed by atoms with E-state index in [1.807, 2.05) is 32.9 Å². The van der Waals surface area contributed by atoms with Crippen molar-refractivity contribution in [3.05, 3.63) is 47.4 Å². The number of ether oxygens (including phenoxy) is 1. The van der Waals surface area contributed by atoms with E-state index in [0.717, 1.165) is 22.7 Å². The molecule has 0 spiro atoms. The molecule has 7 nitrogen and oxygen atoms in total. The Morgan fingerprint density at radius 3 is 2.96 bits per heavy atom. The lowest BCUT2D eigenvalue weighted by Gasteiger charge is -2.07. The maximum absolute atomic E-state index is 5.76. The van der Waals surface area contributed by atoms with Crippen molar-refractivity contribution in [1.82, 2.24) is 25.4 Å². The molecule has 23 heavy (non-hydrogen) atoms.